The van der Waals surface area contributed by atoms with Crippen LogP contribution in [0.4, 0.5) is 0 Å². The fourth-order valence-electron chi connectivity index (χ4n) is 6.34. The molecule has 0 saturated carbocycles. The highest BCUT2D eigenvalue weighted by Gasteiger charge is 2.51. The van der Waals surface area contributed by atoms with Crippen molar-refractivity contribution >= 4 is 44.9 Å². The van der Waals surface area contributed by atoms with Crippen LogP contribution in [0.3, 0.4) is 0 Å². The van der Waals surface area contributed by atoms with Gasteiger partial charge in [-0.15, -0.1) is 0 Å². The number of hydrogen-bond acceptors (Lipinski definition) is 2. The summed E-state index contributed by atoms with van der Waals surface area (Å²) in [5.74, 6) is 0. The van der Waals surface area contributed by atoms with Gasteiger partial charge in [0.25, 0.3) is 0 Å². The Hall–Kier alpha value is -3.92. The zero-order chi connectivity index (χ0) is 28.5. The van der Waals surface area contributed by atoms with Crippen LogP contribution < -0.4 is 5.46 Å². The Morgan fingerprint density at radius 3 is 1.44 bits per heavy atom. The Kier molecular flexibility index (Phi) is 5.90. The molecule has 0 aliphatic carbocycles. The third-order valence-corrected chi connectivity index (χ3v) is 9.39. The molecule has 1 fully saturated rings. The molecule has 0 unspecified atom stereocenters. The molecule has 0 amide bonds. The van der Waals surface area contributed by atoms with Crippen molar-refractivity contribution < 1.29 is 9.31 Å². The van der Waals surface area contributed by atoms with Crippen molar-refractivity contribution in [1.29, 1.82) is 0 Å². The van der Waals surface area contributed by atoms with Gasteiger partial charge in [0, 0.05) is 0 Å². The molecule has 202 valence electrons. The summed E-state index contributed by atoms with van der Waals surface area (Å²) in [6.07, 6.45) is 0. The van der Waals surface area contributed by atoms with Crippen LogP contribution in [0, 0.1) is 13.8 Å². The smallest absolute Gasteiger partial charge is 0.399 e. The SMILES string of the molecule is Cc1ccccc1-c1cc2c3cc(B4OC(C)(C)C(C)(C)O4)ccc3c(-c3ccccc3C)cc2c2ccccc12. The van der Waals surface area contributed by atoms with Crippen LogP contribution in [-0.2, 0) is 9.31 Å². The first-order valence-corrected chi connectivity index (χ1v) is 14.5. The van der Waals surface area contributed by atoms with E-state index in [4.69, 9.17) is 9.31 Å². The Morgan fingerprint density at radius 1 is 0.439 bits per heavy atom. The van der Waals surface area contributed by atoms with Crippen molar-refractivity contribution in [3.63, 3.8) is 0 Å². The van der Waals surface area contributed by atoms with E-state index < -0.39 is 18.3 Å². The minimum absolute atomic E-state index is 0.397. The molecule has 0 aromatic heterocycles. The number of hydrogen-bond donors (Lipinski definition) is 0. The normalized spacial score (nSPS) is 16.2. The lowest BCUT2D eigenvalue weighted by Crippen LogP contribution is -2.41. The lowest BCUT2D eigenvalue weighted by atomic mass is 9.77. The molecule has 6 aromatic carbocycles. The summed E-state index contributed by atoms with van der Waals surface area (Å²) < 4.78 is 13.0. The molecule has 7 rings (SSSR count). The molecule has 0 N–H and O–H groups in total. The van der Waals surface area contributed by atoms with Gasteiger partial charge in [0.15, 0.2) is 0 Å². The average Bonchev–Trinajstić information content (AvgIpc) is 3.19. The summed E-state index contributed by atoms with van der Waals surface area (Å²) >= 11 is 0. The van der Waals surface area contributed by atoms with Gasteiger partial charge in [0.2, 0.25) is 0 Å². The maximum absolute atomic E-state index is 6.50. The van der Waals surface area contributed by atoms with Gasteiger partial charge < -0.3 is 9.31 Å². The van der Waals surface area contributed by atoms with E-state index in [1.807, 2.05) is 0 Å². The third-order valence-electron chi connectivity index (χ3n) is 9.39. The predicted octanol–water partition coefficient (Wildman–Crippen LogP) is 9.40. The van der Waals surface area contributed by atoms with Crippen molar-refractivity contribution in [1.82, 2.24) is 0 Å². The fourth-order valence-corrected chi connectivity index (χ4v) is 6.34. The number of benzene rings is 6. The second kappa shape index (κ2) is 9.31. The molecule has 0 atom stereocenters. The van der Waals surface area contributed by atoms with Crippen molar-refractivity contribution in [2.45, 2.75) is 52.7 Å². The molecule has 1 saturated heterocycles. The fraction of sp³-hybridized carbons (Fsp3) is 0.211. The summed E-state index contributed by atoms with van der Waals surface area (Å²) in [5, 5.41) is 7.49. The largest absolute Gasteiger partial charge is 0.494 e. The first kappa shape index (κ1) is 26.0. The van der Waals surface area contributed by atoms with E-state index in [1.165, 1.54) is 65.7 Å². The zero-order valence-electron chi connectivity index (χ0n) is 24.7. The summed E-state index contributed by atoms with van der Waals surface area (Å²) in [6, 6.07) is 37.8. The second-order valence-corrected chi connectivity index (χ2v) is 12.5. The van der Waals surface area contributed by atoms with Gasteiger partial charge in [-0.2, -0.15) is 0 Å². The van der Waals surface area contributed by atoms with Crippen LogP contribution >= 0.6 is 0 Å². The number of aryl methyl sites for hydroxylation is 2. The highest BCUT2D eigenvalue weighted by Crippen LogP contribution is 2.43. The maximum Gasteiger partial charge on any atom is 0.494 e. The lowest BCUT2D eigenvalue weighted by molar-refractivity contribution is 0.00578. The molecule has 1 aliphatic rings. The van der Waals surface area contributed by atoms with Gasteiger partial charge in [0.05, 0.1) is 11.2 Å². The predicted molar refractivity (Wildman–Crippen MR) is 175 cm³/mol. The molecule has 0 bridgehead atoms. The van der Waals surface area contributed by atoms with Crippen LogP contribution in [0.15, 0.2) is 103 Å². The van der Waals surface area contributed by atoms with E-state index in [2.05, 4.69) is 145 Å². The van der Waals surface area contributed by atoms with E-state index >= 15 is 0 Å². The van der Waals surface area contributed by atoms with Gasteiger partial charge in [0.1, 0.15) is 0 Å². The Morgan fingerprint density at radius 2 is 0.878 bits per heavy atom. The van der Waals surface area contributed by atoms with Crippen LogP contribution in [0.2, 0.25) is 0 Å². The van der Waals surface area contributed by atoms with E-state index in [1.54, 1.807) is 0 Å². The summed E-state index contributed by atoms with van der Waals surface area (Å²) in [6.45, 7) is 12.8. The lowest BCUT2D eigenvalue weighted by Gasteiger charge is -2.32. The number of fused-ring (bicyclic) bond motifs is 5. The van der Waals surface area contributed by atoms with Gasteiger partial charge >= 0.3 is 7.12 Å². The van der Waals surface area contributed by atoms with Crippen LogP contribution in [-0.4, -0.2) is 18.3 Å². The Labute approximate surface area is 243 Å². The van der Waals surface area contributed by atoms with E-state index in [0.717, 1.165) is 5.46 Å². The van der Waals surface area contributed by atoms with Gasteiger partial charge in [-0.25, -0.2) is 0 Å². The Bertz CT molecular complexity index is 1970. The van der Waals surface area contributed by atoms with Gasteiger partial charge in [-0.3, -0.25) is 0 Å². The average molecular weight is 535 g/mol. The van der Waals surface area contributed by atoms with E-state index in [9.17, 15) is 0 Å². The molecule has 0 spiro atoms. The summed E-state index contributed by atoms with van der Waals surface area (Å²) in [4.78, 5) is 0. The molecule has 1 aliphatic heterocycles. The molecular weight excluding hydrogens is 499 g/mol. The van der Waals surface area contributed by atoms with Crippen molar-refractivity contribution in [3.8, 4) is 22.3 Å². The second-order valence-electron chi connectivity index (χ2n) is 12.5. The van der Waals surface area contributed by atoms with Crippen molar-refractivity contribution in [3.05, 3.63) is 114 Å². The summed E-state index contributed by atoms with van der Waals surface area (Å²) in [7, 11) is -0.419. The molecule has 3 heteroatoms. The standard InChI is InChI=1S/C38H35BO2/c1-24-13-7-9-15-27(24)33-23-36-32-21-26(39-40-37(3,4)38(5,6)41-39)19-20-31(32)34(28-16-10-8-14-25(28)2)22-35(36)30-18-12-11-17-29(30)33/h7-23H,1-6H3. The van der Waals surface area contributed by atoms with E-state index in [0.29, 0.717) is 0 Å². The highest BCUT2D eigenvalue weighted by atomic mass is 16.7. The van der Waals surface area contributed by atoms with Gasteiger partial charge in [-0.05, 0) is 125 Å². The third kappa shape index (κ3) is 4.10. The quantitative estimate of drug-likeness (QED) is 0.166. The first-order chi connectivity index (χ1) is 19.6. The van der Waals surface area contributed by atoms with Crippen LogP contribution in [0.1, 0.15) is 38.8 Å². The molecule has 41 heavy (non-hydrogen) atoms. The van der Waals surface area contributed by atoms with Crippen molar-refractivity contribution in [2.24, 2.45) is 0 Å². The summed E-state index contributed by atoms with van der Waals surface area (Å²) in [5.41, 5.74) is 7.83. The topological polar surface area (TPSA) is 18.5 Å². The Balaban J connectivity index is 1.60. The molecule has 0 radical (unpaired) electrons. The van der Waals surface area contributed by atoms with Crippen LogP contribution in [0.5, 0.6) is 0 Å². The van der Waals surface area contributed by atoms with E-state index in [-0.39, 0.29) is 0 Å². The number of rotatable bonds is 3. The van der Waals surface area contributed by atoms with Gasteiger partial charge in [-0.1, -0.05) is 91.0 Å². The minimum Gasteiger partial charge on any atom is -0.399 e. The molecule has 2 nitrogen and oxygen atoms in total. The molecular formula is C38H35BO2. The zero-order valence-corrected chi connectivity index (χ0v) is 24.7. The highest BCUT2D eigenvalue weighted by molar-refractivity contribution is 6.62. The van der Waals surface area contributed by atoms with Crippen LogP contribution in [0.25, 0.3) is 54.6 Å². The first-order valence-electron chi connectivity index (χ1n) is 14.5. The molecule has 1 heterocycles. The van der Waals surface area contributed by atoms with Crippen molar-refractivity contribution in [2.75, 3.05) is 0 Å². The maximum atomic E-state index is 6.50. The molecule has 6 aromatic rings. The minimum atomic E-state index is -0.419. The monoisotopic (exact) mass is 534 g/mol.